The predicted octanol–water partition coefficient (Wildman–Crippen LogP) is 5.64. The fraction of sp³-hybridized carbons (Fsp3) is 0.350. The van der Waals surface area contributed by atoms with Crippen LogP contribution in [0.4, 0.5) is 38.5 Å². The largest absolute Gasteiger partial charge is 0.371 e. The maximum absolute atomic E-state index is 14.0. The van der Waals surface area contributed by atoms with Gasteiger partial charge in [0.2, 0.25) is 11.7 Å². The van der Waals surface area contributed by atoms with Crippen molar-refractivity contribution in [1.82, 2.24) is 0 Å². The number of azo groups is 1. The van der Waals surface area contributed by atoms with Crippen molar-refractivity contribution >= 4 is 40.0 Å². The molecule has 0 aliphatic rings. The number of hydrogen-bond acceptors (Lipinski definition) is 8. The van der Waals surface area contributed by atoms with Crippen molar-refractivity contribution in [3.63, 3.8) is 0 Å². The fourth-order valence-electron chi connectivity index (χ4n) is 3.02. The lowest BCUT2D eigenvalue weighted by Crippen LogP contribution is -2.24. The Kier molecular flexibility index (Phi) is 8.27. The number of nitrogens with zero attached hydrogens (tertiary/aromatic N) is 5. The van der Waals surface area contributed by atoms with Gasteiger partial charge >= 0.3 is 11.4 Å². The highest BCUT2D eigenvalue weighted by atomic mass is 19.1. The zero-order valence-electron chi connectivity index (χ0n) is 17.9. The van der Waals surface area contributed by atoms with Gasteiger partial charge in [-0.15, -0.1) is 10.2 Å². The summed E-state index contributed by atoms with van der Waals surface area (Å²) in [5, 5.41) is 32.4. The molecular formula is C20H23FN6O5. The van der Waals surface area contributed by atoms with Gasteiger partial charge in [-0.3, -0.25) is 25.0 Å². The van der Waals surface area contributed by atoms with Gasteiger partial charge in [-0.05, 0) is 31.0 Å². The summed E-state index contributed by atoms with van der Waals surface area (Å²) in [4.78, 5) is 34.0. The number of nitro groups is 2. The molecule has 1 N–H and O–H groups in total. The Bertz CT molecular complexity index is 1050. The third-order valence-corrected chi connectivity index (χ3v) is 4.35. The predicted molar refractivity (Wildman–Crippen MR) is 117 cm³/mol. The van der Waals surface area contributed by atoms with Crippen molar-refractivity contribution in [2.24, 2.45) is 10.2 Å². The number of nitro benzene ring substituents is 2. The summed E-state index contributed by atoms with van der Waals surface area (Å²) in [6.45, 7) is 7.04. The minimum absolute atomic E-state index is 0.185. The molecule has 0 aliphatic heterocycles. The smallest absolute Gasteiger partial charge is 0.311 e. The number of benzene rings is 2. The molecule has 0 spiro atoms. The second kappa shape index (κ2) is 10.9. The van der Waals surface area contributed by atoms with E-state index in [2.05, 4.69) is 34.3 Å². The van der Waals surface area contributed by atoms with Crippen molar-refractivity contribution in [2.75, 3.05) is 23.3 Å². The van der Waals surface area contributed by atoms with Crippen molar-refractivity contribution in [3.05, 3.63) is 56.4 Å². The summed E-state index contributed by atoms with van der Waals surface area (Å²) in [5.41, 5.74) is -0.938. The van der Waals surface area contributed by atoms with Crippen LogP contribution in [0.25, 0.3) is 0 Å². The van der Waals surface area contributed by atoms with E-state index < -0.39 is 32.7 Å². The van der Waals surface area contributed by atoms with E-state index in [-0.39, 0.29) is 11.6 Å². The molecule has 0 atom stereocenters. The van der Waals surface area contributed by atoms with E-state index in [4.69, 9.17) is 0 Å². The van der Waals surface area contributed by atoms with E-state index in [1.54, 1.807) is 18.2 Å². The van der Waals surface area contributed by atoms with E-state index in [0.29, 0.717) is 17.8 Å². The summed E-state index contributed by atoms with van der Waals surface area (Å²) in [6.07, 6.45) is 1.85. The molecule has 0 aliphatic carbocycles. The quantitative estimate of drug-likeness (QED) is 0.284. The molecule has 2 rings (SSSR count). The van der Waals surface area contributed by atoms with Crippen LogP contribution in [0.15, 0.2) is 40.6 Å². The number of hydrogen-bond donors (Lipinski definition) is 1. The van der Waals surface area contributed by atoms with E-state index in [9.17, 15) is 29.4 Å². The fourth-order valence-corrected chi connectivity index (χ4v) is 3.02. The van der Waals surface area contributed by atoms with E-state index in [0.717, 1.165) is 31.6 Å². The number of halogens is 1. The average molecular weight is 446 g/mol. The number of amides is 1. The van der Waals surface area contributed by atoms with Crippen LogP contribution in [0.2, 0.25) is 0 Å². The maximum Gasteiger partial charge on any atom is 0.311 e. The van der Waals surface area contributed by atoms with Gasteiger partial charge in [0.15, 0.2) is 5.69 Å². The zero-order chi connectivity index (χ0) is 23.8. The second-order valence-electron chi connectivity index (χ2n) is 6.88. The van der Waals surface area contributed by atoms with Crippen LogP contribution < -0.4 is 10.2 Å². The standard InChI is InChI=1S/C20H23FN6O5/c1-4-8-25(9-5-2)14-6-7-16(17(10-14)22-13(3)28)23-24-18-11-15(21)19(26(29)30)12-20(18)27(31)32/h6-7,10-12H,4-5,8-9H2,1-3H3,(H,22,28). The number of rotatable bonds is 10. The first kappa shape index (κ1) is 24.3. The van der Waals surface area contributed by atoms with Crippen molar-refractivity contribution in [1.29, 1.82) is 0 Å². The van der Waals surface area contributed by atoms with E-state index in [1.807, 2.05) is 0 Å². The molecule has 0 bridgehead atoms. The Morgan fingerprint density at radius 3 is 2.12 bits per heavy atom. The third kappa shape index (κ3) is 6.03. The molecule has 2 aromatic carbocycles. The van der Waals surface area contributed by atoms with E-state index in [1.165, 1.54) is 6.92 Å². The lowest BCUT2D eigenvalue weighted by atomic mass is 10.2. The summed E-state index contributed by atoms with van der Waals surface area (Å²) >= 11 is 0. The molecular weight excluding hydrogens is 423 g/mol. The molecule has 0 saturated carbocycles. The lowest BCUT2D eigenvalue weighted by molar-refractivity contribution is -0.395. The highest BCUT2D eigenvalue weighted by molar-refractivity contribution is 5.93. The van der Waals surface area contributed by atoms with Crippen molar-refractivity contribution in [3.8, 4) is 0 Å². The third-order valence-electron chi connectivity index (χ3n) is 4.35. The molecule has 0 fully saturated rings. The Labute approximate surface area is 183 Å². The first-order chi connectivity index (χ1) is 15.2. The minimum Gasteiger partial charge on any atom is -0.371 e. The van der Waals surface area contributed by atoms with Gasteiger partial charge in [0, 0.05) is 31.8 Å². The van der Waals surface area contributed by atoms with Crippen molar-refractivity contribution in [2.45, 2.75) is 33.6 Å². The summed E-state index contributed by atoms with van der Waals surface area (Å²) in [6, 6.07) is 6.14. The molecule has 0 aromatic heterocycles. The Hall–Kier alpha value is -3.96. The van der Waals surface area contributed by atoms with Gasteiger partial charge in [-0.1, -0.05) is 13.8 Å². The molecule has 0 heterocycles. The number of anilines is 2. The minimum atomic E-state index is -1.28. The molecule has 0 unspecified atom stereocenters. The molecule has 1 amide bonds. The first-order valence-corrected chi connectivity index (χ1v) is 9.88. The van der Waals surface area contributed by atoms with Gasteiger partial charge in [0.1, 0.15) is 5.69 Å². The first-order valence-electron chi connectivity index (χ1n) is 9.88. The van der Waals surface area contributed by atoms with Gasteiger partial charge in [-0.25, -0.2) is 0 Å². The van der Waals surface area contributed by atoms with Crippen molar-refractivity contribution < 1.29 is 19.0 Å². The van der Waals surface area contributed by atoms with Crippen LogP contribution in [0.1, 0.15) is 33.6 Å². The molecule has 2 aromatic rings. The Balaban J connectivity index is 2.51. The van der Waals surface area contributed by atoms with Crippen LogP contribution >= 0.6 is 0 Å². The molecule has 32 heavy (non-hydrogen) atoms. The summed E-state index contributed by atoms with van der Waals surface area (Å²) in [5.74, 6) is -1.63. The molecule has 0 saturated heterocycles. The molecule has 0 radical (unpaired) electrons. The van der Waals surface area contributed by atoms with Crippen LogP contribution in [0.5, 0.6) is 0 Å². The topological polar surface area (TPSA) is 143 Å². The molecule has 11 nitrogen and oxygen atoms in total. The van der Waals surface area contributed by atoms with Gasteiger partial charge in [-0.2, -0.15) is 4.39 Å². The summed E-state index contributed by atoms with van der Waals surface area (Å²) < 4.78 is 14.0. The summed E-state index contributed by atoms with van der Waals surface area (Å²) in [7, 11) is 0. The second-order valence-corrected chi connectivity index (χ2v) is 6.88. The normalized spacial score (nSPS) is 10.9. The number of carbonyl (C=O) groups excluding carboxylic acids is 1. The highest BCUT2D eigenvalue weighted by Crippen LogP contribution is 2.36. The lowest BCUT2D eigenvalue weighted by Gasteiger charge is -2.24. The SMILES string of the molecule is CCCN(CCC)c1ccc(N=Nc2cc(F)c([N+](=O)[O-])cc2[N+](=O)[O-])c(NC(C)=O)c1. The van der Waals surface area contributed by atoms with Gasteiger partial charge < -0.3 is 10.2 Å². The molecule has 12 heteroatoms. The van der Waals surface area contributed by atoms with Crippen LogP contribution in [0.3, 0.4) is 0 Å². The van der Waals surface area contributed by atoms with Gasteiger partial charge in [0.25, 0.3) is 0 Å². The van der Waals surface area contributed by atoms with Crippen LogP contribution in [0, 0.1) is 26.0 Å². The Morgan fingerprint density at radius 1 is 1.00 bits per heavy atom. The van der Waals surface area contributed by atoms with Crippen LogP contribution in [-0.2, 0) is 4.79 Å². The highest BCUT2D eigenvalue weighted by Gasteiger charge is 2.25. The number of nitrogens with one attached hydrogen (secondary N) is 1. The number of carbonyl (C=O) groups is 1. The van der Waals surface area contributed by atoms with E-state index >= 15 is 0 Å². The average Bonchev–Trinajstić information content (AvgIpc) is 2.71. The monoisotopic (exact) mass is 446 g/mol. The van der Waals surface area contributed by atoms with Crippen LogP contribution in [-0.4, -0.2) is 28.8 Å². The maximum atomic E-state index is 14.0. The zero-order valence-corrected chi connectivity index (χ0v) is 17.9. The van der Waals surface area contributed by atoms with Gasteiger partial charge in [0.05, 0.1) is 21.6 Å². The molecule has 170 valence electrons. The Morgan fingerprint density at radius 2 is 1.59 bits per heavy atom.